The van der Waals surface area contributed by atoms with Crippen LogP contribution in [0.3, 0.4) is 0 Å². The maximum absolute atomic E-state index is 12.6. The molecular formula is C17H23N3O3. The highest BCUT2D eigenvalue weighted by Gasteiger charge is 2.36. The summed E-state index contributed by atoms with van der Waals surface area (Å²) in [4.78, 5) is 41.4. The van der Waals surface area contributed by atoms with E-state index in [2.05, 4.69) is 0 Å². The number of likely N-dealkylation sites (N-methyl/N-ethyl adjacent to an activating group) is 1. The van der Waals surface area contributed by atoms with Crippen molar-refractivity contribution in [2.45, 2.75) is 19.4 Å². The summed E-state index contributed by atoms with van der Waals surface area (Å²) in [5.74, 6) is -0.311. The van der Waals surface area contributed by atoms with Crippen LogP contribution in [0.5, 0.6) is 0 Å². The maximum Gasteiger partial charge on any atom is 0.246 e. The Hall–Kier alpha value is -2.37. The number of nitrogens with zero attached hydrogens (tertiary/aromatic N) is 3. The first-order valence-electron chi connectivity index (χ1n) is 7.70. The van der Waals surface area contributed by atoms with Gasteiger partial charge >= 0.3 is 0 Å². The average molecular weight is 317 g/mol. The molecule has 1 aliphatic rings. The van der Waals surface area contributed by atoms with Crippen molar-refractivity contribution in [2.75, 3.05) is 33.7 Å². The molecule has 1 unspecified atom stereocenters. The number of carbonyl (C=O) groups excluding carboxylic acids is 3. The van der Waals surface area contributed by atoms with Crippen molar-refractivity contribution in [1.82, 2.24) is 14.7 Å². The van der Waals surface area contributed by atoms with Gasteiger partial charge < -0.3 is 14.7 Å². The highest BCUT2D eigenvalue weighted by Crippen LogP contribution is 2.14. The van der Waals surface area contributed by atoms with Crippen LogP contribution < -0.4 is 0 Å². The lowest BCUT2D eigenvalue weighted by Crippen LogP contribution is -2.61. The Bertz CT molecular complexity index is 586. The maximum atomic E-state index is 12.6. The molecule has 1 fully saturated rings. The molecule has 0 aliphatic carbocycles. The van der Waals surface area contributed by atoms with Crippen molar-refractivity contribution in [3.8, 4) is 0 Å². The van der Waals surface area contributed by atoms with E-state index in [0.29, 0.717) is 13.1 Å². The van der Waals surface area contributed by atoms with Gasteiger partial charge in [0.15, 0.2) is 0 Å². The highest BCUT2D eigenvalue weighted by molar-refractivity contribution is 5.89. The molecule has 1 aromatic carbocycles. The summed E-state index contributed by atoms with van der Waals surface area (Å²) in [7, 11) is 3.32. The van der Waals surface area contributed by atoms with Gasteiger partial charge in [-0.3, -0.25) is 14.4 Å². The van der Waals surface area contributed by atoms with E-state index in [0.717, 1.165) is 5.56 Å². The predicted octanol–water partition coefficient (Wildman–Crippen LogP) is 0.377. The van der Waals surface area contributed by atoms with E-state index in [9.17, 15) is 14.4 Å². The number of benzene rings is 1. The lowest BCUT2D eigenvalue weighted by atomic mass is 10.1. The topological polar surface area (TPSA) is 60.9 Å². The molecule has 0 bridgehead atoms. The largest absolute Gasteiger partial charge is 0.347 e. The van der Waals surface area contributed by atoms with Crippen LogP contribution in [-0.2, 0) is 20.8 Å². The van der Waals surface area contributed by atoms with Gasteiger partial charge in [0.1, 0.15) is 6.04 Å². The zero-order valence-corrected chi connectivity index (χ0v) is 13.9. The van der Waals surface area contributed by atoms with Crippen LogP contribution >= 0.6 is 0 Å². The smallest absolute Gasteiger partial charge is 0.246 e. The lowest BCUT2D eigenvalue weighted by Gasteiger charge is -2.41. The van der Waals surface area contributed by atoms with E-state index >= 15 is 0 Å². The third kappa shape index (κ3) is 4.09. The summed E-state index contributed by atoms with van der Waals surface area (Å²) in [6, 6.07) is 8.85. The van der Waals surface area contributed by atoms with Crippen molar-refractivity contribution < 1.29 is 14.4 Å². The number of carbonyl (C=O) groups is 3. The molecule has 0 aromatic heterocycles. The van der Waals surface area contributed by atoms with Crippen molar-refractivity contribution in [1.29, 1.82) is 0 Å². The first-order chi connectivity index (χ1) is 10.9. The second kappa shape index (κ2) is 7.26. The Balaban J connectivity index is 2.15. The molecule has 6 nitrogen and oxygen atoms in total. The summed E-state index contributed by atoms with van der Waals surface area (Å²) in [5.41, 5.74) is 0.919. The zero-order valence-electron chi connectivity index (χ0n) is 13.9. The van der Waals surface area contributed by atoms with E-state index < -0.39 is 6.04 Å². The van der Waals surface area contributed by atoms with Gasteiger partial charge in [0, 0.05) is 34.1 Å². The number of amides is 3. The third-order valence-electron chi connectivity index (χ3n) is 4.07. The minimum absolute atomic E-state index is 0.0725. The van der Waals surface area contributed by atoms with Crippen molar-refractivity contribution in [3.05, 3.63) is 35.9 Å². The summed E-state index contributed by atoms with van der Waals surface area (Å²) in [5, 5.41) is 0. The van der Waals surface area contributed by atoms with Crippen LogP contribution in [0.2, 0.25) is 0 Å². The number of hydrogen-bond acceptors (Lipinski definition) is 3. The minimum atomic E-state index is -0.612. The van der Waals surface area contributed by atoms with Crippen molar-refractivity contribution >= 4 is 17.7 Å². The highest BCUT2D eigenvalue weighted by atomic mass is 16.2. The fraction of sp³-hybridized carbons (Fsp3) is 0.471. The second-order valence-corrected chi connectivity index (χ2v) is 5.96. The van der Waals surface area contributed by atoms with Gasteiger partial charge in [-0.1, -0.05) is 30.3 Å². The van der Waals surface area contributed by atoms with Gasteiger partial charge in [-0.15, -0.1) is 0 Å². The molecule has 0 spiro atoms. The van der Waals surface area contributed by atoms with Gasteiger partial charge in [0.05, 0.1) is 13.0 Å². The molecule has 23 heavy (non-hydrogen) atoms. The van der Waals surface area contributed by atoms with Crippen LogP contribution in [0.15, 0.2) is 30.3 Å². The van der Waals surface area contributed by atoms with Crippen LogP contribution in [0.25, 0.3) is 0 Å². The number of rotatable bonds is 3. The van der Waals surface area contributed by atoms with Crippen LogP contribution in [0, 0.1) is 0 Å². The van der Waals surface area contributed by atoms with Gasteiger partial charge in [-0.25, -0.2) is 0 Å². The summed E-state index contributed by atoms with van der Waals surface area (Å²) in [6.07, 6.45) is 0.262. The molecule has 124 valence electrons. The van der Waals surface area contributed by atoms with Gasteiger partial charge in [0.25, 0.3) is 0 Å². The third-order valence-corrected chi connectivity index (χ3v) is 4.07. The molecule has 0 radical (unpaired) electrons. The first kappa shape index (κ1) is 17.0. The van der Waals surface area contributed by atoms with Gasteiger partial charge in [-0.05, 0) is 5.56 Å². The minimum Gasteiger partial charge on any atom is -0.347 e. The van der Waals surface area contributed by atoms with Crippen LogP contribution in [0.1, 0.15) is 12.5 Å². The Morgan fingerprint density at radius 3 is 2.35 bits per heavy atom. The van der Waals surface area contributed by atoms with Gasteiger partial charge in [0.2, 0.25) is 17.7 Å². The number of hydrogen-bond donors (Lipinski definition) is 0. The average Bonchev–Trinajstić information content (AvgIpc) is 2.54. The van der Waals surface area contributed by atoms with E-state index in [1.54, 1.807) is 23.9 Å². The molecule has 6 heteroatoms. The SMILES string of the molecule is CC(=O)N1CCN(C(=O)Cc2ccccc2)C(C(=O)N(C)C)C1. The van der Waals surface area contributed by atoms with Gasteiger partial charge in [-0.2, -0.15) is 0 Å². The van der Waals surface area contributed by atoms with E-state index in [1.165, 1.54) is 11.8 Å². The molecule has 2 rings (SSSR count). The Morgan fingerprint density at radius 2 is 1.78 bits per heavy atom. The van der Waals surface area contributed by atoms with Crippen LogP contribution in [-0.4, -0.2) is 72.2 Å². The molecule has 1 heterocycles. The van der Waals surface area contributed by atoms with E-state index in [4.69, 9.17) is 0 Å². The molecular weight excluding hydrogens is 294 g/mol. The fourth-order valence-corrected chi connectivity index (χ4v) is 2.75. The fourth-order valence-electron chi connectivity index (χ4n) is 2.75. The van der Waals surface area contributed by atoms with E-state index in [-0.39, 0.29) is 30.7 Å². The lowest BCUT2D eigenvalue weighted by molar-refractivity contribution is -0.150. The van der Waals surface area contributed by atoms with E-state index in [1.807, 2.05) is 30.3 Å². The first-order valence-corrected chi connectivity index (χ1v) is 7.70. The Kier molecular flexibility index (Phi) is 5.36. The Labute approximate surface area is 136 Å². The molecule has 1 atom stereocenters. The monoisotopic (exact) mass is 317 g/mol. The summed E-state index contributed by atoms with van der Waals surface area (Å²) >= 11 is 0. The molecule has 0 saturated carbocycles. The Morgan fingerprint density at radius 1 is 1.13 bits per heavy atom. The molecule has 1 aliphatic heterocycles. The molecule has 3 amide bonds. The summed E-state index contributed by atoms with van der Waals surface area (Å²) < 4.78 is 0. The molecule has 1 saturated heterocycles. The number of piperazine rings is 1. The zero-order chi connectivity index (χ0) is 17.0. The molecule has 0 N–H and O–H groups in total. The summed E-state index contributed by atoms with van der Waals surface area (Å²) in [6.45, 7) is 2.59. The predicted molar refractivity (Wildman–Crippen MR) is 86.6 cm³/mol. The quantitative estimate of drug-likeness (QED) is 0.809. The van der Waals surface area contributed by atoms with Crippen molar-refractivity contribution in [2.24, 2.45) is 0 Å². The second-order valence-electron chi connectivity index (χ2n) is 5.96. The standard InChI is InChI=1S/C17H23N3O3/c1-13(21)19-9-10-20(15(12-19)17(23)18(2)3)16(22)11-14-7-5-4-6-8-14/h4-8,15H,9-12H2,1-3H3. The van der Waals surface area contributed by atoms with Crippen molar-refractivity contribution in [3.63, 3.8) is 0 Å². The van der Waals surface area contributed by atoms with Crippen LogP contribution in [0.4, 0.5) is 0 Å². The molecule has 1 aromatic rings. The normalized spacial score (nSPS) is 17.8.